The highest BCUT2D eigenvalue weighted by atomic mass is 16.6. The first kappa shape index (κ1) is 9.12. The molecule has 4 heteroatoms. The topological polar surface area (TPSA) is 60.4 Å². The first-order valence-corrected chi connectivity index (χ1v) is 4.54. The highest BCUT2D eigenvalue weighted by molar-refractivity contribution is 6.00. The van der Waals surface area contributed by atoms with E-state index in [0.29, 0.717) is 6.42 Å². The van der Waals surface area contributed by atoms with Gasteiger partial charge in [-0.25, -0.2) is 0 Å². The molecule has 1 saturated heterocycles. The molecule has 4 nitrogen and oxygen atoms in total. The third-order valence-corrected chi connectivity index (χ3v) is 2.80. The number of rotatable bonds is 1. The van der Waals surface area contributed by atoms with Crippen LogP contribution in [0.2, 0.25) is 0 Å². The van der Waals surface area contributed by atoms with Crippen LogP contribution in [0, 0.1) is 17.8 Å². The van der Waals surface area contributed by atoms with Gasteiger partial charge in [-0.15, -0.1) is 0 Å². The minimum atomic E-state index is -0.579. The molecule has 3 atom stereocenters. The molecule has 2 aliphatic rings. The second kappa shape index (κ2) is 3.04. The number of allylic oxidation sites excluding steroid dienone is 2. The summed E-state index contributed by atoms with van der Waals surface area (Å²) in [5.41, 5.74) is 0. The van der Waals surface area contributed by atoms with E-state index in [1.807, 2.05) is 0 Å². The van der Waals surface area contributed by atoms with Crippen LogP contribution in [-0.4, -0.2) is 17.7 Å². The molecule has 0 saturated carbocycles. The summed E-state index contributed by atoms with van der Waals surface area (Å²) in [5, 5.41) is 0. The molecule has 0 aromatic rings. The number of carbonyl (C=O) groups is 3. The molecule has 1 fully saturated rings. The molecule has 0 spiro atoms. The van der Waals surface area contributed by atoms with E-state index in [0.717, 1.165) is 0 Å². The van der Waals surface area contributed by atoms with Crippen LogP contribution in [0.4, 0.5) is 0 Å². The van der Waals surface area contributed by atoms with Crippen LogP contribution in [0.25, 0.3) is 0 Å². The van der Waals surface area contributed by atoms with E-state index >= 15 is 0 Å². The summed E-state index contributed by atoms with van der Waals surface area (Å²) < 4.78 is 4.52. The molecule has 1 heterocycles. The zero-order valence-corrected chi connectivity index (χ0v) is 7.73. The quantitative estimate of drug-likeness (QED) is 0.346. The fraction of sp³-hybridized carbons (Fsp3) is 0.500. The Morgan fingerprint density at radius 1 is 1.43 bits per heavy atom. The Balaban J connectivity index is 2.35. The van der Waals surface area contributed by atoms with E-state index in [4.69, 9.17) is 0 Å². The summed E-state index contributed by atoms with van der Waals surface area (Å²) in [6.45, 7) is 1.42. The van der Waals surface area contributed by atoms with Gasteiger partial charge >= 0.3 is 11.9 Å². The Kier molecular flexibility index (Phi) is 1.98. The molecule has 1 aliphatic heterocycles. The van der Waals surface area contributed by atoms with E-state index in [2.05, 4.69) is 4.74 Å². The van der Waals surface area contributed by atoms with Crippen molar-refractivity contribution in [3.05, 3.63) is 12.2 Å². The van der Waals surface area contributed by atoms with Crippen molar-refractivity contribution in [3.63, 3.8) is 0 Å². The number of hydrogen-bond acceptors (Lipinski definition) is 4. The average Bonchev–Trinajstić information content (AvgIpc) is 2.43. The van der Waals surface area contributed by atoms with Crippen LogP contribution < -0.4 is 0 Å². The molecule has 0 bridgehead atoms. The van der Waals surface area contributed by atoms with Crippen molar-refractivity contribution in [1.29, 1.82) is 0 Å². The van der Waals surface area contributed by atoms with Gasteiger partial charge in [0.25, 0.3) is 0 Å². The molecule has 74 valence electrons. The van der Waals surface area contributed by atoms with Crippen molar-refractivity contribution in [2.45, 2.75) is 13.3 Å². The molecular formula is C10H10O4. The molecular weight excluding hydrogens is 184 g/mol. The normalized spacial score (nSPS) is 35.4. The van der Waals surface area contributed by atoms with Crippen LogP contribution in [-0.2, 0) is 19.1 Å². The van der Waals surface area contributed by atoms with E-state index in [-0.39, 0.29) is 5.78 Å². The molecule has 14 heavy (non-hydrogen) atoms. The van der Waals surface area contributed by atoms with Crippen molar-refractivity contribution in [2.24, 2.45) is 17.8 Å². The molecule has 0 N–H and O–H groups in total. The van der Waals surface area contributed by atoms with Crippen molar-refractivity contribution in [2.75, 3.05) is 0 Å². The van der Waals surface area contributed by atoms with Crippen LogP contribution in [0.5, 0.6) is 0 Å². The maximum atomic E-state index is 11.3. The standard InChI is InChI=1S/C10H10O4/c1-5(11)6-3-2-4-7-8(6)10(13)14-9(7)12/h2-3,6-8H,4H2,1H3. The SMILES string of the molecule is CC(=O)C1C=CCC2C(=O)OC(=O)C12. The third kappa shape index (κ3) is 1.18. The maximum Gasteiger partial charge on any atom is 0.318 e. The number of ketones is 1. The summed E-state index contributed by atoms with van der Waals surface area (Å²) in [6, 6.07) is 0. The third-order valence-electron chi connectivity index (χ3n) is 2.80. The van der Waals surface area contributed by atoms with Crippen molar-refractivity contribution >= 4 is 17.7 Å². The summed E-state index contributed by atoms with van der Waals surface area (Å²) >= 11 is 0. The summed E-state index contributed by atoms with van der Waals surface area (Å²) in [5.74, 6) is -2.64. The lowest BCUT2D eigenvalue weighted by Crippen LogP contribution is -2.31. The Bertz CT molecular complexity index is 342. The lowest BCUT2D eigenvalue weighted by Gasteiger charge is -2.22. The summed E-state index contributed by atoms with van der Waals surface area (Å²) in [6.07, 6.45) is 3.97. The van der Waals surface area contributed by atoms with Gasteiger partial charge in [-0.05, 0) is 13.3 Å². The van der Waals surface area contributed by atoms with Crippen LogP contribution >= 0.6 is 0 Å². The smallest absolute Gasteiger partial charge is 0.318 e. The molecule has 0 radical (unpaired) electrons. The largest absolute Gasteiger partial charge is 0.393 e. The van der Waals surface area contributed by atoms with Gasteiger partial charge in [-0.3, -0.25) is 14.4 Å². The first-order valence-electron chi connectivity index (χ1n) is 4.54. The minimum absolute atomic E-state index is 0.0948. The number of cyclic esters (lactones) is 2. The number of hydrogen-bond donors (Lipinski definition) is 0. The summed E-state index contributed by atoms with van der Waals surface area (Å²) in [7, 11) is 0. The fourth-order valence-electron chi connectivity index (χ4n) is 2.07. The highest BCUT2D eigenvalue weighted by Crippen LogP contribution is 2.37. The van der Waals surface area contributed by atoms with Gasteiger partial charge in [-0.2, -0.15) is 0 Å². The van der Waals surface area contributed by atoms with Crippen LogP contribution in [0.15, 0.2) is 12.2 Å². The number of ether oxygens (including phenoxy) is 1. The number of esters is 2. The van der Waals surface area contributed by atoms with Crippen molar-refractivity contribution in [3.8, 4) is 0 Å². The predicted octanol–water partition coefficient (Wildman–Crippen LogP) is 0.467. The second-order valence-corrected chi connectivity index (χ2v) is 3.67. The number of fused-ring (bicyclic) bond motifs is 1. The number of Topliss-reactive ketones (excluding diaryl/α,β-unsaturated/α-hetero) is 1. The van der Waals surface area contributed by atoms with E-state index in [1.165, 1.54) is 6.92 Å². The van der Waals surface area contributed by atoms with Gasteiger partial charge in [0.05, 0.1) is 11.8 Å². The van der Waals surface area contributed by atoms with Gasteiger partial charge in [0.2, 0.25) is 0 Å². The lowest BCUT2D eigenvalue weighted by molar-refractivity contribution is -0.154. The summed E-state index contributed by atoms with van der Waals surface area (Å²) in [4.78, 5) is 33.7. The Morgan fingerprint density at radius 2 is 2.14 bits per heavy atom. The Hall–Kier alpha value is -1.45. The second-order valence-electron chi connectivity index (χ2n) is 3.67. The first-order chi connectivity index (χ1) is 6.61. The molecule has 3 unspecified atom stereocenters. The number of carbonyl (C=O) groups excluding carboxylic acids is 3. The molecule has 0 aromatic heterocycles. The highest BCUT2D eigenvalue weighted by Gasteiger charge is 2.49. The lowest BCUT2D eigenvalue weighted by atomic mass is 9.76. The zero-order valence-electron chi connectivity index (χ0n) is 7.73. The van der Waals surface area contributed by atoms with E-state index < -0.39 is 29.7 Å². The van der Waals surface area contributed by atoms with Gasteiger partial charge in [0.15, 0.2) is 0 Å². The predicted molar refractivity (Wildman–Crippen MR) is 46.0 cm³/mol. The van der Waals surface area contributed by atoms with Crippen LogP contribution in [0.3, 0.4) is 0 Å². The Labute approximate surface area is 80.9 Å². The zero-order chi connectivity index (χ0) is 10.3. The van der Waals surface area contributed by atoms with Gasteiger partial charge in [0, 0.05) is 5.92 Å². The van der Waals surface area contributed by atoms with E-state index in [1.54, 1.807) is 12.2 Å². The van der Waals surface area contributed by atoms with E-state index in [9.17, 15) is 14.4 Å². The van der Waals surface area contributed by atoms with Gasteiger partial charge in [-0.1, -0.05) is 12.2 Å². The van der Waals surface area contributed by atoms with Crippen molar-refractivity contribution < 1.29 is 19.1 Å². The molecule has 0 amide bonds. The molecule has 1 aliphatic carbocycles. The molecule has 0 aromatic carbocycles. The maximum absolute atomic E-state index is 11.3. The minimum Gasteiger partial charge on any atom is -0.393 e. The van der Waals surface area contributed by atoms with Gasteiger partial charge in [0.1, 0.15) is 5.78 Å². The average molecular weight is 194 g/mol. The fourth-order valence-corrected chi connectivity index (χ4v) is 2.07. The van der Waals surface area contributed by atoms with Gasteiger partial charge < -0.3 is 4.74 Å². The molecule has 2 rings (SSSR count). The van der Waals surface area contributed by atoms with Crippen molar-refractivity contribution in [1.82, 2.24) is 0 Å². The Morgan fingerprint density at radius 3 is 2.79 bits per heavy atom. The van der Waals surface area contributed by atoms with Crippen LogP contribution in [0.1, 0.15) is 13.3 Å². The monoisotopic (exact) mass is 194 g/mol.